The summed E-state index contributed by atoms with van der Waals surface area (Å²) in [6.07, 6.45) is 0. The van der Waals surface area contributed by atoms with Crippen LogP contribution < -0.4 is 10.2 Å². The molecule has 7 heteroatoms. The van der Waals surface area contributed by atoms with Gasteiger partial charge in [0.25, 0.3) is 5.91 Å². The van der Waals surface area contributed by atoms with Gasteiger partial charge in [0.2, 0.25) is 11.8 Å². The Bertz CT molecular complexity index is 1230. The van der Waals surface area contributed by atoms with Gasteiger partial charge in [-0.15, -0.1) is 0 Å². The number of hydrogen-bond acceptors (Lipinski definition) is 3. The monoisotopic (exact) mass is 477 g/mol. The van der Waals surface area contributed by atoms with E-state index in [1.807, 2.05) is 56.3 Å². The Kier molecular flexibility index (Phi) is 6.89. The number of benzene rings is 3. The van der Waals surface area contributed by atoms with Crippen molar-refractivity contribution in [3.8, 4) is 0 Å². The van der Waals surface area contributed by atoms with E-state index >= 15 is 0 Å². The normalized spacial score (nSPS) is 13.4. The molecule has 3 aromatic rings. The van der Waals surface area contributed by atoms with Crippen molar-refractivity contribution < 1.29 is 14.4 Å². The van der Waals surface area contributed by atoms with Crippen molar-refractivity contribution >= 4 is 45.8 Å². The van der Waals surface area contributed by atoms with Crippen molar-refractivity contribution in [2.75, 3.05) is 18.0 Å². The molecular formula is C27H28ClN3O3. The van der Waals surface area contributed by atoms with Crippen LogP contribution in [0.15, 0.2) is 60.7 Å². The maximum absolute atomic E-state index is 13.6. The molecule has 0 bridgehead atoms. The highest BCUT2D eigenvalue weighted by Gasteiger charge is 2.34. The number of amides is 3. The molecule has 6 nitrogen and oxygen atoms in total. The fourth-order valence-electron chi connectivity index (χ4n) is 4.18. The molecule has 0 fully saturated rings. The maximum atomic E-state index is 13.6. The number of carbonyl (C=O) groups excluding carboxylic acids is 3. The Labute approximate surface area is 204 Å². The Morgan fingerprint density at radius 2 is 1.68 bits per heavy atom. The lowest BCUT2D eigenvalue weighted by Crippen LogP contribution is -2.51. The van der Waals surface area contributed by atoms with Crippen LogP contribution in [0.2, 0.25) is 5.02 Å². The van der Waals surface area contributed by atoms with Gasteiger partial charge in [0.05, 0.1) is 5.69 Å². The third-order valence-corrected chi connectivity index (χ3v) is 6.31. The molecule has 1 heterocycles. The standard InChI is InChI=1S/C27H28ClN3O3/c1-17(2)14-29-26(33)18(3)30(15-19-10-12-21(28)13-11-19)24(32)16-31-23-9-5-7-20-6-4-8-22(25(20)23)27(31)34/h4-13,17-18H,14-16H2,1-3H3,(H,29,33)/t18-/m0/s1. The Hall–Kier alpha value is -3.38. The summed E-state index contributed by atoms with van der Waals surface area (Å²) >= 11 is 6.02. The van der Waals surface area contributed by atoms with E-state index in [0.29, 0.717) is 17.1 Å². The van der Waals surface area contributed by atoms with Crippen LogP contribution >= 0.6 is 11.6 Å². The fourth-order valence-corrected chi connectivity index (χ4v) is 4.31. The first-order valence-electron chi connectivity index (χ1n) is 11.4. The van der Waals surface area contributed by atoms with Crippen molar-refractivity contribution in [1.29, 1.82) is 0 Å². The van der Waals surface area contributed by atoms with Gasteiger partial charge in [0, 0.05) is 29.1 Å². The van der Waals surface area contributed by atoms with Crippen molar-refractivity contribution in [3.05, 3.63) is 76.8 Å². The molecule has 0 aliphatic carbocycles. The average Bonchev–Trinajstić information content (AvgIpc) is 3.09. The van der Waals surface area contributed by atoms with E-state index in [1.54, 1.807) is 25.1 Å². The number of nitrogens with one attached hydrogen (secondary N) is 1. The van der Waals surface area contributed by atoms with Gasteiger partial charge in [-0.05, 0) is 48.1 Å². The molecule has 0 saturated carbocycles. The van der Waals surface area contributed by atoms with Crippen LogP contribution in [0.3, 0.4) is 0 Å². The lowest BCUT2D eigenvalue weighted by atomic mass is 10.1. The van der Waals surface area contributed by atoms with E-state index in [9.17, 15) is 14.4 Å². The lowest BCUT2D eigenvalue weighted by Gasteiger charge is -2.31. The van der Waals surface area contributed by atoms with Crippen molar-refractivity contribution in [2.24, 2.45) is 5.92 Å². The molecule has 0 aromatic heterocycles. The first-order valence-corrected chi connectivity index (χ1v) is 11.8. The van der Waals surface area contributed by atoms with Gasteiger partial charge >= 0.3 is 0 Å². The summed E-state index contributed by atoms with van der Waals surface area (Å²) in [5.41, 5.74) is 2.15. The lowest BCUT2D eigenvalue weighted by molar-refractivity contribution is -0.139. The van der Waals surface area contributed by atoms with Gasteiger partial charge < -0.3 is 10.2 Å². The van der Waals surface area contributed by atoms with E-state index in [2.05, 4.69) is 5.32 Å². The summed E-state index contributed by atoms with van der Waals surface area (Å²) < 4.78 is 0. The molecule has 0 unspecified atom stereocenters. The van der Waals surface area contributed by atoms with Gasteiger partial charge in [-0.1, -0.05) is 61.8 Å². The zero-order valence-corrected chi connectivity index (χ0v) is 20.3. The third kappa shape index (κ3) is 4.77. The molecule has 1 atom stereocenters. The molecule has 34 heavy (non-hydrogen) atoms. The summed E-state index contributed by atoms with van der Waals surface area (Å²) in [6, 6.07) is 17.7. The molecule has 1 aliphatic rings. The zero-order chi connectivity index (χ0) is 24.4. The van der Waals surface area contributed by atoms with Gasteiger partial charge in [-0.3, -0.25) is 19.3 Å². The molecule has 1 N–H and O–H groups in total. The van der Waals surface area contributed by atoms with Crippen LogP contribution in [0.1, 0.15) is 36.7 Å². The van der Waals surface area contributed by atoms with Crippen LogP contribution in [0.25, 0.3) is 10.8 Å². The van der Waals surface area contributed by atoms with Gasteiger partial charge in [-0.2, -0.15) is 0 Å². The Morgan fingerprint density at radius 1 is 1.00 bits per heavy atom. The highest BCUT2D eigenvalue weighted by Crippen LogP contribution is 2.37. The predicted octanol–water partition coefficient (Wildman–Crippen LogP) is 4.64. The number of rotatable bonds is 8. The van der Waals surface area contributed by atoms with Crippen LogP contribution in [0.4, 0.5) is 5.69 Å². The SMILES string of the molecule is CC(C)CNC(=O)[C@H](C)N(Cc1ccc(Cl)cc1)C(=O)CN1C(=O)c2cccc3cccc1c23. The van der Waals surface area contributed by atoms with Gasteiger partial charge in [0.1, 0.15) is 12.6 Å². The van der Waals surface area contributed by atoms with Gasteiger partial charge in [0.15, 0.2) is 0 Å². The van der Waals surface area contributed by atoms with Crippen LogP contribution in [-0.4, -0.2) is 41.8 Å². The molecule has 3 amide bonds. The Balaban J connectivity index is 1.60. The second-order valence-electron chi connectivity index (χ2n) is 9.04. The topological polar surface area (TPSA) is 69.7 Å². The predicted molar refractivity (Wildman–Crippen MR) is 135 cm³/mol. The summed E-state index contributed by atoms with van der Waals surface area (Å²) in [5.74, 6) is -0.448. The molecular weight excluding hydrogens is 450 g/mol. The van der Waals surface area contributed by atoms with Crippen molar-refractivity contribution in [1.82, 2.24) is 10.2 Å². The molecule has 0 radical (unpaired) electrons. The molecule has 1 aliphatic heterocycles. The first-order chi connectivity index (χ1) is 16.3. The minimum atomic E-state index is -0.710. The van der Waals surface area contributed by atoms with E-state index in [1.165, 1.54) is 9.80 Å². The minimum Gasteiger partial charge on any atom is -0.354 e. The summed E-state index contributed by atoms with van der Waals surface area (Å²) in [5, 5.41) is 5.32. The average molecular weight is 478 g/mol. The van der Waals surface area contributed by atoms with E-state index < -0.39 is 6.04 Å². The van der Waals surface area contributed by atoms with Gasteiger partial charge in [-0.25, -0.2) is 0 Å². The summed E-state index contributed by atoms with van der Waals surface area (Å²) in [7, 11) is 0. The number of hydrogen-bond donors (Lipinski definition) is 1. The largest absolute Gasteiger partial charge is 0.354 e. The molecule has 4 rings (SSSR count). The van der Waals surface area contributed by atoms with Crippen LogP contribution in [0, 0.1) is 5.92 Å². The minimum absolute atomic E-state index is 0.151. The second kappa shape index (κ2) is 9.85. The maximum Gasteiger partial charge on any atom is 0.259 e. The summed E-state index contributed by atoms with van der Waals surface area (Å²) in [6.45, 7) is 6.34. The van der Waals surface area contributed by atoms with Crippen molar-refractivity contribution in [2.45, 2.75) is 33.4 Å². The van der Waals surface area contributed by atoms with Crippen LogP contribution in [0.5, 0.6) is 0 Å². The molecule has 0 saturated heterocycles. The number of carbonyl (C=O) groups is 3. The molecule has 3 aromatic carbocycles. The molecule has 0 spiro atoms. The zero-order valence-electron chi connectivity index (χ0n) is 19.5. The quantitative estimate of drug-likeness (QED) is 0.513. The summed E-state index contributed by atoms with van der Waals surface area (Å²) in [4.78, 5) is 42.7. The second-order valence-corrected chi connectivity index (χ2v) is 9.47. The highest BCUT2D eigenvalue weighted by molar-refractivity contribution is 6.30. The van der Waals surface area contributed by atoms with E-state index in [-0.39, 0.29) is 36.7 Å². The highest BCUT2D eigenvalue weighted by atomic mass is 35.5. The van der Waals surface area contributed by atoms with Crippen LogP contribution in [-0.2, 0) is 16.1 Å². The first kappa shape index (κ1) is 23.8. The fraction of sp³-hybridized carbons (Fsp3) is 0.296. The smallest absolute Gasteiger partial charge is 0.259 e. The van der Waals surface area contributed by atoms with Crippen molar-refractivity contribution in [3.63, 3.8) is 0 Å². The van der Waals surface area contributed by atoms with E-state index in [0.717, 1.165) is 22.0 Å². The number of nitrogens with zero attached hydrogens (tertiary/aromatic N) is 2. The molecule has 176 valence electrons. The number of halogens is 1. The van der Waals surface area contributed by atoms with E-state index in [4.69, 9.17) is 11.6 Å². The number of anilines is 1. The Morgan fingerprint density at radius 3 is 2.35 bits per heavy atom. The third-order valence-electron chi connectivity index (χ3n) is 6.06.